The molecule has 1 aromatic rings. The fraction of sp³-hybridized carbons (Fsp3) is 0.667. The number of pyridine rings is 1. The third-order valence-corrected chi connectivity index (χ3v) is 3.75. The van der Waals surface area contributed by atoms with Crippen molar-refractivity contribution >= 4 is 0 Å². The fourth-order valence-corrected chi connectivity index (χ4v) is 2.64. The van der Waals surface area contributed by atoms with Crippen LogP contribution in [-0.2, 0) is 4.74 Å². The molecule has 2 rings (SSSR count). The van der Waals surface area contributed by atoms with Gasteiger partial charge in [-0.15, -0.1) is 0 Å². The topological polar surface area (TPSA) is 43.4 Å². The minimum Gasteiger partial charge on any atom is -0.495 e. The maximum atomic E-state index is 5.79. The largest absolute Gasteiger partial charge is 0.495 e. The molecule has 1 aromatic heterocycles. The summed E-state index contributed by atoms with van der Waals surface area (Å²) in [6.07, 6.45) is 8.02. The van der Waals surface area contributed by atoms with E-state index in [-0.39, 0.29) is 6.04 Å². The predicted molar refractivity (Wildman–Crippen MR) is 75.4 cm³/mol. The van der Waals surface area contributed by atoms with E-state index in [9.17, 15) is 0 Å². The first-order valence-corrected chi connectivity index (χ1v) is 7.13. The maximum Gasteiger partial charge on any atom is 0.141 e. The Balaban J connectivity index is 1.95. The molecule has 0 spiro atoms. The van der Waals surface area contributed by atoms with Gasteiger partial charge in [-0.2, -0.15) is 0 Å². The predicted octanol–water partition coefficient (Wildman–Crippen LogP) is 2.70. The lowest BCUT2D eigenvalue weighted by Crippen LogP contribution is -2.23. The summed E-state index contributed by atoms with van der Waals surface area (Å²) in [5.41, 5.74) is 0.989. The van der Waals surface area contributed by atoms with Crippen LogP contribution in [0.2, 0.25) is 0 Å². The molecular formula is C15H24N2O2. The van der Waals surface area contributed by atoms with Crippen LogP contribution in [0.5, 0.6) is 5.75 Å². The Labute approximate surface area is 115 Å². The molecule has 0 bridgehead atoms. The summed E-state index contributed by atoms with van der Waals surface area (Å²) < 4.78 is 11.2. The molecule has 4 heteroatoms. The number of ether oxygens (including phenoxy) is 2. The Bertz CT molecular complexity index is 378. The fourth-order valence-electron chi connectivity index (χ4n) is 2.64. The highest BCUT2D eigenvalue weighted by atomic mass is 16.5. The summed E-state index contributed by atoms with van der Waals surface area (Å²) in [5, 5.41) is 3.33. The molecule has 0 aromatic carbocycles. The minimum absolute atomic E-state index is 0.224. The second-order valence-electron chi connectivity index (χ2n) is 5.00. The zero-order valence-corrected chi connectivity index (χ0v) is 11.9. The summed E-state index contributed by atoms with van der Waals surface area (Å²) in [6, 6.07) is 4.09. The van der Waals surface area contributed by atoms with Gasteiger partial charge >= 0.3 is 0 Å². The summed E-state index contributed by atoms with van der Waals surface area (Å²) in [7, 11) is 3.66. The maximum absolute atomic E-state index is 5.79. The van der Waals surface area contributed by atoms with Crippen molar-refractivity contribution in [2.24, 2.45) is 0 Å². The van der Waals surface area contributed by atoms with Crippen molar-refractivity contribution in [3.05, 3.63) is 24.0 Å². The van der Waals surface area contributed by atoms with Crippen LogP contribution in [0, 0.1) is 0 Å². The molecule has 1 saturated heterocycles. The van der Waals surface area contributed by atoms with Gasteiger partial charge in [-0.05, 0) is 51.3 Å². The minimum atomic E-state index is 0.224. The van der Waals surface area contributed by atoms with E-state index in [0.717, 1.165) is 30.9 Å². The third kappa shape index (κ3) is 3.91. The number of aromatic nitrogens is 1. The highest BCUT2D eigenvalue weighted by Gasteiger charge is 2.19. The van der Waals surface area contributed by atoms with Gasteiger partial charge < -0.3 is 14.8 Å². The van der Waals surface area contributed by atoms with E-state index >= 15 is 0 Å². The number of hydrogen-bond acceptors (Lipinski definition) is 4. The normalized spacial score (nSPS) is 21.1. The highest BCUT2D eigenvalue weighted by molar-refractivity contribution is 5.29. The summed E-state index contributed by atoms with van der Waals surface area (Å²) in [4.78, 5) is 4.46. The molecule has 2 atom stereocenters. The number of nitrogens with zero attached hydrogens (tertiary/aromatic N) is 1. The van der Waals surface area contributed by atoms with E-state index in [1.807, 2.05) is 25.4 Å². The zero-order valence-electron chi connectivity index (χ0n) is 11.9. The van der Waals surface area contributed by atoms with E-state index in [1.165, 1.54) is 19.3 Å². The molecule has 0 amide bonds. The first kappa shape index (κ1) is 14.3. The molecule has 106 valence electrons. The average Bonchev–Trinajstić information content (AvgIpc) is 2.49. The van der Waals surface area contributed by atoms with Crippen molar-refractivity contribution in [2.45, 2.75) is 44.2 Å². The molecule has 0 radical (unpaired) electrons. The van der Waals surface area contributed by atoms with Crippen molar-refractivity contribution in [1.82, 2.24) is 10.3 Å². The molecule has 19 heavy (non-hydrogen) atoms. The van der Waals surface area contributed by atoms with Crippen molar-refractivity contribution in [1.29, 1.82) is 0 Å². The molecule has 1 fully saturated rings. The van der Waals surface area contributed by atoms with Crippen molar-refractivity contribution in [3.63, 3.8) is 0 Å². The SMILES string of the molecule is CNC(CCC1CCCCO1)c1ncccc1OC. The van der Waals surface area contributed by atoms with E-state index in [1.54, 1.807) is 7.11 Å². The molecule has 2 heterocycles. The quantitative estimate of drug-likeness (QED) is 0.858. The van der Waals surface area contributed by atoms with Gasteiger partial charge in [0.15, 0.2) is 0 Å². The van der Waals surface area contributed by atoms with E-state index in [4.69, 9.17) is 9.47 Å². The lowest BCUT2D eigenvalue weighted by Gasteiger charge is -2.25. The van der Waals surface area contributed by atoms with Crippen molar-refractivity contribution in [2.75, 3.05) is 20.8 Å². The number of rotatable bonds is 6. The van der Waals surface area contributed by atoms with Crippen LogP contribution in [-0.4, -0.2) is 31.9 Å². The van der Waals surface area contributed by atoms with Gasteiger partial charge in [0.2, 0.25) is 0 Å². The summed E-state index contributed by atoms with van der Waals surface area (Å²) >= 11 is 0. The van der Waals surface area contributed by atoms with Crippen molar-refractivity contribution in [3.8, 4) is 5.75 Å². The number of nitrogens with one attached hydrogen (secondary N) is 1. The van der Waals surface area contributed by atoms with Gasteiger partial charge in [0.1, 0.15) is 5.75 Å². The lowest BCUT2D eigenvalue weighted by molar-refractivity contribution is 0.00856. The molecule has 4 nitrogen and oxygen atoms in total. The van der Waals surface area contributed by atoms with Crippen LogP contribution in [0.4, 0.5) is 0 Å². The first-order valence-electron chi connectivity index (χ1n) is 7.13. The van der Waals surface area contributed by atoms with Crippen LogP contribution in [0.15, 0.2) is 18.3 Å². The van der Waals surface area contributed by atoms with E-state index in [0.29, 0.717) is 6.10 Å². The van der Waals surface area contributed by atoms with Crippen LogP contribution in [0.25, 0.3) is 0 Å². The number of hydrogen-bond donors (Lipinski definition) is 1. The molecule has 1 N–H and O–H groups in total. The van der Waals surface area contributed by atoms with Gasteiger partial charge in [-0.3, -0.25) is 4.98 Å². The van der Waals surface area contributed by atoms with Crippen LogP contribution < -0.4 is 10.1 Å². The molecule has 0 saturated carbocycles. The van der Waals surface area contributed by atoms with Gasteiger partial charge in [0.05, 0.1) is 24.9 Å². The van der Waals surface area contributed by atoms with E-state index in [2.05, 4.69) is 10.3 Å². The van der Waals surface area contributed by atoms with Gasteiger partial charge in [-0.1, -0.05) is 0 Å². The summed E-state index contributed by atoms with van der Waals surface area (Å²) in [6.45, 7) is 0.918. The zero-order chi connectivity index (χ0) is 13.5. The standard InChI is InChI=1S/C15H24N2O2/c1-16-13(9-8-12-6-3-4-11-19-12)15-14(18-2)7-5-10-17-15/h5,7,10,12-13,16H,3-4,6,8-9,11H2,1-2H3. The Hall–Kier alpha value is -1.13. The smallest absolute Gasteiger partial charge is 0.141 e. The second kappa shape index (κ2) is 7.46. The summed E-state index contributed by atoms with van der Waals surface area (Å²) in [5.74, 6) is 0.853. The Morgan fingerprint density at radius 2 is 2.42 bits per heavy atom. The van der Waals surface area contributed by atoms with Crippen LogP contribution in [0.3, 0.4) is 0 Å². The Kier molecular flexibility index (Phi) is 5.61. The van der Waals surface area contributed by atoms with Gasteiger partial charge in [0.25, 0.3) is 0 Å². The van der Waals surface area contributed by atoms with Crippen LogP contribution in [0.1, 0.15) is 43.8 Å². The number of methoxy groups -OCH3 is 1. The molecule has 1 aliphatic rings. The second-order valence-corrected chi connectivity index (χ2v) is 5.00. The molecular weight excluding hydrogens is 240 g/mol. The lowest BCUT2D eigenvalue weighted by atomic mass is 9.99. The monoisotopic (exact) mass is 264 g/mol. The van der Waals surface area contributed by atoms with Crippen molar-refractivity contribution < 1.29 is 9.47 Å². The van der Waals surface area contributed by atoms with Gasteiger partial charge in [-0.25, -0.2) is 0 Å². The highest BCUT2D eigenvalue weighted by Crippen LogP contribution is 2.27. The Morgan fingerprint density at radius 3 is 3.11 bits per heavy atom. The molecule has 0 aliphatic carbocycles. The Morgan fingerprint density at radius 1 is 1.53 bits per heavy atom. The molecule has 2 unspecified atom stereocenters. The average molecular weight is 264 g/mol. The molecule has 1 aliphatic heterocycles. The third-order valence-electron chi connectivity index (χ3n) is 3.75. The first-order chi connectivity index (χ1) is 9.35. The van der Waals surface area contributed by atoms with Crippen LogP contribution >= 0.6 is 0 Å². The van der Waals surface area contributed by atoms with Gasteiger partial charge in [0, 0.05) is 12.8 Å². The van der Waals surface area contributed by atoms with E-state index < -0.39 is 0 Å².